The molecule has 1 heterocycles. The van der Waals surface area contributed by atoms with Gasteiger partial charge in [0.05, 0.1) is 20.1 Å². The van der Waals surface area contributed by atoms with E-state index in [1.165, 1.54) is 7.11 Å². The first-order valence-electron chi connectivity index (χ1n) is 4.21. The first kappa shape index (κ1) is 9.48. The van der Waals surface area contributed by atoms with Crippen LogP contribution in [0, 0.1) is 0 Å². The van der Waals surface area contributed by atoms with Gasteiger partial charge in [-0.2, -0.15) is 0 Å². The molecule has 0 bridgehead atoms. The molecular weight excluding hydrogens is 158 g/mol. The zero-order chi connectivity index (χ0) is 8.81. The number of methoxy groups -OCH3 is 1. The second-order valence-corrected chi connectivity index (χ2v) is 2.83. The predicted molar refractivity (Wildman–Crippen MR) is 43.9 cm³/mol. The number of nitrogens with one attached hydrogen (secondary N) is 1. The van der Waals surface area contributed by atoms with Gasteiger partial charge >= 0.3 is 5.97 Å². The largest absolute Gasteiger partial charge is 0.469 e. The van der Waals surface area contributed by atoms with Gasteiger partial charge < -0.3 is 14.8 Å². The zero-order valence-electron chi connectivity index (χ0n) is 7.34. The third kappa shape index (κ3) is 3.19. The van der Waals surface area contributed by atoms with Gasteiger partial charge in [-0.1, -0.05) is 0 Å². The van der Waals surface area contributed by atoms with Crippen LogP contribution in [0.15, 0.2) is 0 Å². The van der Waals surface area contributed by atoms with Crippen LogP contribution in [0.4, 0.5) is 0 Å². The molecule has 1 fully saturated rings. The number of carbonyl (C=O) groups excluding carboxylic acids is 1. The maximum Gasteiger partial charge on any atom is 0.307 e. The molecular formula is C8H15NO3. The van der Waals surface area contributed by atoms with Gasteiger partial charge in [-0.15, -0.1) is 0 Å². The van der Waals surface area contributed by atoms with E-state index in [1.807, 2.05) is 0 Å². The van der Waals surface area contributed by atoms with Crippen LogP contribution >= 0.6 is 0 Å². The summed E-state index contributed by atoms with van der Waals surface area (Å²) in [4.78, 5) is 10.9. The Morgan fingerprint density at radius 3 is 3.25 bits per heavy atom. The Kier molecular flexibility index (Phi) is 4.04. The van der Waals surface area contributed by atoms with Crippen molar-refractivity contribution in [1.29, 1.82) is 0 Å². The van der Waals surface area contributed by atoms with E-state index in [0.717, 1.165) is 26.2 Å². The van der Waals surface area contributed by atoms with Gasteiger partial charge in [0.1, 0.15) is 0 Å². The van der Waals surface area contributed by atoms with Gasteiger partial charge in [-0.25, -0.2) is 0 Å². The number of ether oxygens (including phenoxy) is 2. The Morgan fingerprint density at radius 1 is 1.67 bits per heavy atom. The SMILES string of the molecule is COC(=O)CC1CCOCCN1. The number of hydrogen-bond acceptors (Lipinski definition) is 4. The Bertz CT molecular complexity index is 141. The van der Waals surface area contributed by atoms with E-state index < -0.39 is 0 Å². The fraction of sp³-hybridized carbons (Fsp3) is 0.875. The van der Waals surface area contributed by atoms with Crippen molar-refractivity contribution in [2.24, 2.45) is 0 Å². The molecule has 1 N–H and O–H groups in total. The minimum absolute atomic E-state index is 0.158. The number of hydrogen-bond donors (Lipinski definition) is 1. The summed E-state index contributed by atoms with van der Waals surface area (Å²) in [6.45, 7) is 2.29. The molecule has 0 aliphatic carbocycles. The van der Waals surface area contributed by atoms with Crippen molar-refractivity contribution in [3.8, 4) is 0 Å². The summed E-state index contributed by atoms with van der Waals surface area (Å²) in [5.41, 5.74) is 0. The molecule has 1 aliphatic rings. The lowest BCUT2D eigenvalue weighted by molar-refractivity contribution is -0.141. The molecule has 0 aromatic heterocycles. The molecule has 0 aromatic carbocycles. The first-order chi connectivity index (χ1) is 5.83. The van der Waals surface area contributed by atoms with Gasteiger partial charge in [0.2, 0.25) is 0 Å². The second-order valence-electron chi connectivity index (χ2n) is 2.83. The molecule has 12 heavy (non-hydrogen) atoms. The van der Waals surface area contributed by atoms with Crippen molar-refractivity contribution in [3.63, 3.8) is 0 Å². The Labute approximate surface area is 72.2 Å². The lowest BCUT2D eigenvalue weighted by atomic mass is 10.1. The highest BCUT2D eigenvalue weighted by molar-refractivity contribution is 5.69. The molecule has 0 radical (unpaired) electrons. The maximum absolute atomic E-state index is 10.9. The summed E-state index contributed by atoms with van der Waals surface area (Å²) >= 11 is 0. The van der Waals surface area contributed by atoms with Crippen LogP contribution in [0.2, 0.25) is 0 Å². The van der Waals surface area contributed by atoms with Crippen molar-refractivity contribution >= 4 is 5.97 Å². The molecule has 1 aliphatic heterocycles. The lowest BCUT2D eigenvalue weighted by Gasteiger charge is -2.12. The topological polar surface area (TPSA) is 47.6 Å². The fourth-order valence-corrected chi connectivity index (χ4v) is 1.22. The Morgan fingerprint density at radius 2 is 2.50 bits per heavy atom. The molecule has 4 heteroatoms. The number of rotatable bonds is 2. The number of esters is 1. The maximum atomic E-state index is 10.9. The molecule has 1 unspecified atom stereocenters. The van der Waals surface area contributed by atoms with Gasteiger partial charge in [-0.05, 0) is 6.42 Å². The van der Waals surface area contributed by atoms with Crippen LogP contribution in [0.1, 0.15) is 12.8 Å². The van der Waals surface area contributed by atoms with Gasteiger partial charge in [0, 0.05) is 19.2 Å². The molecule has 0 aromatic rings. The third-order valence-corrected chi connectivity index (χ3v) is 1.93. The van der Waals surface area contributed by atoms with Gasteiger partial charge in [0.15, 0.2) is 0 Å². The summed E-state index contributed by atoms with van der Waals surface area (Å²) in [6.07, 6.45) is 1.33. The van der Waals surface area contributed by atoms with Crippen molar-refractivity contribution in [2.75, 3.05) is 26.9 Å². The molecule has 0 spiro atoms. The second kappa shape index (κ2) is 5.11. The fourth-order valence-electron chi connectivity index (χ4n) is 1.22. The highest BCUT2D eigenvalue weighted by Gasteiger charge is 2.15. The lowest BCUT2D eigenvalue weighted by Crippen LogP contribution is -2.32. The van der Waals surface area contributed by atoms with Crippen molar-refractivity contribution in [2.45, 2.75) is 18.9 Å². The molecule has 0 amide bonds. The van der Waals surface area contributed by atoms with E-state index in [0.29, 0.717) is 6.42 Å². The smallest absolute Gasteiger partial charge is 0.307 e. The van der Waals surface area contributed by atoms with Gasteiger partial charge in [0.25, 0.3) is 0 Å². The monoisotopic (exact) mass is 173 g/mol. The van der Waals surface area contributed by atoms with Crippen LogP contribution in [-0.2, 0) is 14.3 Å². The minimum atomic E-state index is -0.158. The van der Waals surface area contributed by atoms with E-state index >= 15 is 0 Å². The van der Waals surface area contributed by atoms with E-state index in [9.17, 15) is 4.79 Å². The molecule has 1 saturated heterocycles. The van der Waals surface area contributed by atoms with Crippen LogP contribution < -0.4 is 5.32 Å². The van der Waals surface area contributed by atoms with Crippen LogP contribution in [0.5, 0.6) is 0 Å². The molecule has 0 saturated carbocycles. The molecule has 70 valence electrons. The summed E-state index contributed by atoms with van der Waals surface area (Å²) < 4.78 is 9.80. The van der Waals surface area contributed by atoms with Crippen molar-refractivity contribution in [1.82, 2.24) is 5.32 Å². The Balaban J connectivity index is 2.24. The normalized spacial score (nSPS) is 24.6. The van der Waals surface area contributed by atoms with Crippen LogP contribution in [0.3, 0.4) is 0 Å². The molecule has 1 rings (SSSR count). The predicted octanol–water partition coefficient (Wildman–Crippen LogP) is -0.0720. The summed E-state index contributed by atoms with van der Waals surface area (Å²) in [5, 5.41) is 3.22. The molecule has 4 nitrogen and oxygen atoms in total. The zero-order valence-corrected chi connectivity index (χ0v) is 7.34. The van der Waals surface area contributed by atoms with Crippen molar-refractivity contribution in [3.05, 3.63) is 0 Å². The van der Waals surface area contributed by atoms with Crippen LogP contribution in [-0.4, -0.2) is 38.9 Å². The van der Waals surface area contributed by atoms with E-state index in [2.05, 4.69) is 10.1 Å². The Hall–Kier alpha value is -0.610. The van der Waals surface area contributed by atoms with E-state index in [-0.39, 0.29) is 12.0 Å². The molecule has 1 atom stereocenters. The number of carbonyl (C=O) groups is 1. The van der Waals surface area contributed by atoms with Crippen molar-refractivity contribution < 1.29 is 14.3 Å². The average Bonchev–Trinajstić information content (AvgIpc) is 2.33. The van der Waals surface area contributed by atoms with E-state index in [4.69, 9.17) is 4.74 Å². The van der Waals surface area contributed by atoms with E-state index in [1.54, 1.807) is 0 Å². The summed E-state index contributed by atoms with van der Waals surface area (Å²) in [5.74, 6) is -0.158. The highest BCUT2D eigenvalue weighted by Crippen LogP contribution is 2.02. The first-order valence-corrected chi connectivity index (χ1v) is 4.21. The third-order valence-electron chi connectivity index (χ3n) is 1.93. The average molecular weight is 173 g/mol. The summed E-state index contributed by atoms with van der Waals surface area (Å²) in [7, 11) is 1.41. The quantitative estimate of drug-likeness (QED) is 0.594. The summed E-state index contributed by atoms with van der Waals surface area (Å²) in [6, 6.07) is 0.222. The van der Waals surface area contributed by atoms with Gasteiger partial charge in [-0.3, -0.25) is 4.79 Å². The highest BCUT2D eigenvalue weighted by atomic mass is 16.5. The van der Waals surface area contributed by atoms with Crippen LogP contribution in [0.25, 0.3) is 0 Å². The minimum Gasteiger partial charge on any atom is -0.469 e. The standard InChI is InChI=1S/C8H15NO3/c1-11-8(10)6-7-2-4-12-5-3-9-7/h7,9H,2-6H2,1H3.